The number of hydrogen-bond donors (Lipinski definition) is 1. The molecule has 3 heterocycles. The van der Waals surface area contributed by atoms with Crippen LogP contribution in [0.4, 0.5) is 11.5 Å². The van der Waals surface area contributed by atoms with Crippen LogP contribution in [0.5, 0.6) is 0 Å². The summed E-state index contributed by atoms with van der Waals surface area (Å²) in [6.07, 6.45) is 4.14. The molecular formula is C15H21N5O3. The Morgan fingerprint density at radius 3 is 2.65 bits per heavy atom. The maximum Gasteiger partial charge on any atom is 0.311 e. The Labute approximate surface area is 134 Å². The number of nitrogens with one attached hydrogen (secondary N) is 1. The minimum Gasteiger partial charge on any atom is -0.362 e. The lowest BCUT2D eigenvalue weighted by molar-refractivity contribution is -0.384. The third kappa shape index (κ3) is 3.26. The van der Waals surface area contributed by atoms with E-state index in [1.165, 1.54) is 6.07 Å². The molecule has 2 saturated heterocycles. The number of piperidine rings is 1. The molecule has 0 radical (unpaired) electrons. The van der Waals surface area contributed by atoms with E-state index in [4.69, 9.17) is 0 Å². The smallest absolute Gasteiger partial charge is 0.311 e. The van der Waals surface area contributed by atoms with E-state index >= 15 is 0 Å². The highest BCUT2D eigenvalue weighted by molar-refractivity contribution is 5.83. The zero-order valence-corrected chi connectivity index (χ0v) is 13.1. The summed E-state index contributed by atoms with van der Waals surface area (Å²) in [7, 11) is 1.84. The van der Waals surface area contributed by atoms with E-state index in [1.54, 1.807) is 17.2 Å². The van der Waals surface area contributed by atoms with Gasteiger partial charge in [0.2, 0.25) is 11.7 Å². The van der Waals surface area contributed by atoms with Gasteiger partial charge in [0.15, 0.2) is 0 Å². The summed E-state index contributed by atoms with van der Waals surface area (Å²) in [5, 5.41) is 14.2. The van der Waals surface area contributed by atoms with E-state index in [-0.39, 0.29) is 23.7 Å². The molecular weight excluding hydrogens is 298 g/mol. The second-order valence-corrected chi connectivity index (χ2v) is 6.15. The van der Waals surface area contributed by atoms with Crippen LogP contribution < -0.4 is 5.32 Å². The van der Waals surface area contributed by atoms with Crippen LogP contribution in [0, 0.1) is 10.1 Å². The maximum atomic E-state index is 12.1. The fraction of sp³-hybridized carbons (Fsp3) is 0.600. The Bertz CT molecular complexity index is 601. The van der Waals surface area contributed by atoms with Crippen LogP contribution in [0.2, 0.25) is 0 Å². The van der Waals surface area contributed by atoms with Gasteiger partial charge in [0, 0.05) is 45.0 Å². The number of pyridine rings is 1. The molecule has 23 heavy (non-hydrogen) atoms. The second-order valence-electron chi connectivity index (χ2n) is 6.15. The van der Waals surface area contributed by atoms with Crippen LogP contribution in [-0.2, 0) is 4.79 Å². The topological polar surface area (TPSA) is 91.6 Å². The summed E-state index contributed by atoms with van der Waals surface area (Å²) < 4.78 is 0. The molecule has 0 aromatic carbocycles. The predicted molar refractivity (Wildman–Crippen MR) is 85.2 cm³/mol. The lowest BCUT2D eigenvalue weighted by Crippen LogP contribution is -2.47. The van der Waals surface area contributed by atoms with Gasteiger partial charge in [-0.3, -0.25) is 19.8 Å². The molecule has 2 fully saturated rings. The Balaban J connectivity index is 1.58. The van der Waals surface area contributed by atoms with Crippen molar-refractivity contribution in [1.29, 1.82) is 0 Å². The van der Waals surface area contributed by atoms with Gasteiger partial charge in [0.25, 0.3) is 0 Å². The first kappa shape index (κ1) is 15.7. The Hall–Kier alpha value is -2.22. The minimum absolute atomic E-state index is 0.00234. The van der Waals surface area contributed by atoms with Crippen molar-refractivity contribution in [1.82, 2.24) is 14.8 Å². The first-order chi connectivity index (χ1) is 11.1. The summed E-state index contributed by atoms with van der Waals surface area (Å²) in [4.78, 5) is 30.8. The monoisotopic (exact) mass is 319 g/mol. The fourth-order valence-electron chi connectivity index (χ4n) is 3.35. The Morgan fingerprint density at radius 2 is 2.04 bits per heavy atom. The van der Waals surface area contributed by atoms with Crippen molar-refractivity contribution in [3.63, 3.8) is 0 Å². The van der Waals surface area contributed by atoms with E-state index < -0.39 is 4.92 Å². The van der Waals surface area contributed by atoms with Crippen molar-refractivity contribution < 1.29 is 9.72 Å². The first-order valence-corrected chi connectivity index (χ1v) is 7.91. The van der Waals surface area contributed by atoms with Gasteiger partial charge in [0.1, 0.15) is 0 Å². The molecule has 3 rings (SSSR count). The quantitative estimate of drug-likeness (QED) is 0.660. The van der Waals surface area contributed by atoms with Crippen molar-refractivity contribution in [2.45, 2.75) is 31.3 Å². The number of carbonyl (C=O) groups is 1. The molecule has 1 amide bonds. The average molecular weight is 319 g/mol. The van der Waals surface area contributed by atoms with Crippen molar-refractivity contribution in [3.8, 4) is 0 Å². The zero-order chi connectivity index (χ0) is 16.4. The molecule has 1 unspecified atom stereocenters. The van der Waals surface area contributed by atoms with Gasteiger partial charge in [-0.15, -0.1) is 0 Å². The number of carbonyl (C=O) groups excluding carboxylic acids is 1. The predicted octanol–water partition coefficient (Wildman–Crippen LogP) is 1.10. The molecule has 124 valence electrons. The number of likely N-dealkylation sites (tertiary alicyclic amines) is 2. The van der Waals surface area contributed by atoms with Crippen molar-refractivity contribution in [2.24, 2.45) is 0 Å². The molecule has 2 aliphatic heterocycles. The molecule has 1 aromatic rings. The standard InChI is InChI=1S/C15H21N5O3/c1-18-8-6-13(15(18)21)19-9-4-11(5-10-19)17-14-12(20(22)23)3-2-7-16-14/h2-3,7,11,13H,4-6,8-10H2,1H3,(H,16,17). The third-order valence-electron chi connectivity index (χ3n) is 4.69. The molecule has 0 bridgehead atoms. The van der Waals surface area contributed by atoms with E-state index in [2.05, 4.69) is 15.2 Å². The van der Waals surface area contributed by atoms with E-state index in [0.717, 1.165) is 38.9 Å². The molecule has 0 aliphatic carbocycles. The van der Waals surface area contributed by atoms with Gasteiger partial charge in [-0.25, -0.2) is 4.98 Å². The highest BCUT2D eigenvalue weighted by atomic mass is 16.6. The maximum absolute atomic E-state index is 12.1. The summed E-state index contributed by atoms with van der Waals surface area (Å²) in [5.74, 6) is 0.532. The van der Waals surface area contributed by atoms with Crippen molar-refractivity contribution in [3.05, 3.63) is 28.4 Å². The van der Waals surface area contributed by atoms with Crippen molar-refractivity contribution >= 4 is 17.4 Å². The number of likely N-dealkylation sites (N-methyl/N-ethyl adjacent to an activating group) is 1. The summed E-state index contributed by atoms with van der Waals surface area (Å²) in [6.45, 7) is 2.47. The highest BCUT2D eigenvalue weighted by Crippen LogP contribution is 2.25. The zero-order valence-electron chi connectivity index (χ0n) is 13.1. The Morgan fingerprint density at radius 1 is 1.30 bits per heavy atom. The minimum atomic E-state index is -0.419. The fourth-order valence-corrected chi connectivity index (χ4v) is 3.35. The first-order valence-electron chi connectivity index (χ1n) is 7.91. The van der Waals surface area contributed by atoms with Gasteiger partial charge in [-0.05, 0) is 25.3 Å². The molecule has 0 saturated carbocycles. The molecule has 1 aromatic heterocycles. The number of nitrogens with zero attached hydrogens (tertiary/aromatic N) is 4. The number of rotatable bonds is 4. The molecule has 1 N–H and O–H groups in total. The summed E-state index contributed by atoms with van der Waals surface area (Å²) in [5.41, 5.74) is 0.00234. The molecule has 1 atom stereocenters. The van der Waals surface area contributed by atoms with Crippen LogP contribution in [-0.4, -0.2) is 64.4 Å². The van der Waals surface area contributed by atoms with Gasteiger partial charge in [0.05, 0.1) is 11.0 Å². The molecule has 0 spiro atoms. The van der Waals surface area contributed by atoms with E-state index in [9.17, 15) is 14.9 Å². The van der Waals surface area contributed by atoms with E-state index in [0.29, 0.717) is 5.82 Å². The van der Waals surface area contributed by atoms with Gasteiger partial charge >= 0.3 is 5.69 Å². The Kier molecular flexibility index (Phi) is 4.42. The molecule has 8 heteroatoms. The SMILES string of the molecule is CN1CCC(N2CCC(Nc3ncccc3[N+](=O)[O-])CC2)C1=O. The molecule has 8 nitrogen and oxygen atoms in total. The van der Waals surface area contributed by atoms with Crippen LogP contribution in [0.25, 0.3) is 0 Å². The van der Waals surface area contributed by atoms with Gasteiger partial charge < -0.3 is 10.2 Å². The number of anilines is 1. The summed E-state index contributed by atoms with van der Waals surface area (Å²) in [6, 6.07) is 3.17. The number of nitro groups is 1. The van der Waals surface area contributed by atoms with Crippen LogP contribution in [0.15, 0.2) is 18.3 Å². The van der Waals surface area contributed by atoms with Crippen LogP contribution >= 0.6 is 0 Å². The highest BCUT2D eigenvalue weighted by Gasteiger charge is 2.35. The normalized spacial score (nSPS) is 23.3. The van der Waals surface area contributed by atoms with Gasteiger partial charge in [-0.1, -0.05) is 0 Å². The van der Waals surface area contributed by atoms with Crippen LogP contribution in [0.1, 0.15) is 19.3 Å². The lowest BCUT2D eigenvalue weighted by atomic mass is 10.0. The number of aromatic nitrogens is 1. The van der Waals surface area contributed by atoms with E-state index in [1.807, 2.05) is 7.05 Å². The average Bonchev–Trinajstić information content (AvgIpc) is 2.88. The largest absolute Gasteiger partial charge is 0.362 e. The molecule has 2 aliphatic rings. The lowest BCUT2D eigenvalue weighted by Gasteiger charge is -2.35. The van der Waals surface area contributed by atoms with Gasteiger partial charge in [-0.2, -0.15) is 0 Å². The second kappa shape index (κ2) is 6.49. The number of amides is 1. The third-order valence-corrected chi connectivity index (χ3v) is 4.69. The van der Waals surface area contributed by atoms with Crippen molar-refractivity contribution in [2.75, 3.05) is 32.0 Å². The summed E-state index contributed by atoms with van der Waals surface area (Å²) >= 11 is 0. The van der Waals surface area contributed by atoms with Crippen LogP contribution in [0.3, 0.4) is 0 Å². The number of hydrogen-bond acceptors (Lipinski definition) is 6.